The second kappa shape index (κ2) is 6.67. The van der Waals surface area contributed by atoms with Gasteiger partial charge in [0, 0.05) is 44.3 Å². The Morgan fingerprint density at radius 1 is 1.08 bits per heavy atom. The zero-order valence-corrected chi connectivity index (χ0v) is 14.5. The maximum absolute atomic E-state index is 12.9. The van der Waals surface area contributed by atoms with E-state index in [1.54, 1.807) is 37.5 Å². The largest absolute Gasteiger partial charge is 0.420 e. The predicted molar refractivity (Wildman–Crippen MR) is 98.2 cm³/mol. The number of pyridine rings is 1. The van der Waals surface area contributed by atoms with Crippen LogP contribution in [-0.2, 0) is 4.79 Å². The Morgan fingerprint density at radius 3 is 2.50 bits per heavy atom. The zero-order chi connectivity index (χ0) is 18.1. The van der Waals surface area contributed by atoms with Crippen molar-refractivity contribution in [2.75, 3.05) is 31.1 Å². The summed E-state index contributed by atoms with van der Waals surface area (Å²) in [5.74, 6) is -0.560. The van der Waals surface area contributed by atoms with Crippen molar-refractivity contribution in [2.45, 2.75) is 13.0 Å². The molecule has 2 aromatic heterocycles. The van der Waals surface area contributed by atoms with Crippen LogP contribution in [0.1, 0.15) is 13.0 Å². The molecule has 1 amide bonds. The topological polar surface area (TPSA) is 71.6 Å². The molecule has 1 saturated heterocycles. The highest BCUT2D eigenvalue weighted by atomic mass is 16.4. The number of para-hydroxylation sites is 2. The van der Waals surface area contributed by atoms with Crippen LogP contribution in [0.25, 0.3) is 11.1 Å². The highest BCUT2D eigenvalue weighted by molar-refractivity contribution is 5.83. The highest BCUT2D eigenvalue weighted by Crippen LogP contribution is 2.20. The van der Waals surface area contributed by atoms with Crippen LogP contribution >= 0.6 is 0 Å². The van der Waals surface area contributed by atoms with Gasteiger partial charge in [0.05, 0.1) is 5.52 Å². The Bertz CT molecular complexity index is 971. The standard InChI is InChI=1S/C19H20N4O3/c1-14(23-16-4-2-3-5-17(16)26-19(23)25)18(24)22-12-10-21(11-13-22)15-6-8-20-9-7-15/h2-9,14H,10-13H2,1H3. The molecule has 1 aromatic carbocycles. The van der Waals surface area contributed by atoms with Crippen molar-refractivity contribution < 1.29 is 9.21 Å². The first-order valence-electron chi connectivity index (χ1n) is 8.69. The lowest BCUT2D eigenvalue weighted by molar-refractivity contribution is -0.134. The summed E-state index contributed by atoms with van der Waals surface area (Å²) in [7, 11) is 0. The summed E-state index contributed by atoms with van der Waals surface area (Å²) in [6.07, 6.45) is 3.54. The first-order valence-corrected chi connectivity index (χ1v) is 8.69. The minimum Gasteiger partial charge on any atom is -0.408 e. The summed E-state index contributed by atoms with van der Waals surface area (Å²) in [6.45, 7) is 4.50. The average Bonchev–Trinajstić information content (AvgIpc) is 3.03. The fraction of sp³-hybridized carbons (Fsp3) is 0.316. The van der Waals surface area contributed by atoms with E-state index in [0.717, 1.165) is 18.8 Å². The van der Waals surface area contributed by atoms with Gasteiger partial charge in [-0.1, -0.05) is 12.1 Å². The van der Waals surface area contributed by atoms with Gasteiger partial charge in [-0.05, 0) is 31.2 Å². The Labute approximate surface area is 150 Å². The quantitative estimate of drug-likeness (QED) is 0.720. The van der Waals surface area contributed by atoms with E-state index in [1.807, 2.05) is 23.1 Å². The number of hydrogen-bond acceptors (Lipinski definition) is 5. The number of carbonyl (C=O) groups excluding carboxylic acids is 1. The van der Waals surface area contributed by atoms with Gasteiger partial charge in [-0.3, -0.25) is 14.3 Å². The smallest absolute Gasteiger partial charge is 0.408 e. The minimum absolute atomic E-state index is 0.0620. The number of benzene rings is 1. The van der Waals surface area contributed by atoms with Crippen molar-refractivity contribution in [2.24, 2.45) is 0 Å². The molecule has 1 fully saturated rings. The third-order valence-corrected chi connectivity index (χ3v) is 4.88. The van der Waals surface area contributed by atoms with Crippen LogP contribution in [0.3, 0.4) is 0 Å². The number of nitrogens with zero attached hydrogens (tertiary/aromatic N) is 4. The molecule has 4 rings (SSSR count). The molecule has 134 valence electrons. The van der Waals surface area contributed by atoms with E-state index in [4.69, 9.17) is 4.42 Å². The summed E-state index contributed by atoms with van der Waals surface area (Å²) in [4.78, 5) is 33.2. The van der Waals surface area contributed by atoms with Gasteiger partial charge in [0.15, 0.2) is 5.58 Å². The van der Waals surface area contributed by atoms with E-state index in [9.17, 15) is 9.59 Å². The average molecular weight is 352 g/mol. The predicted octanol–water partition coefficient (Wildman–Crippen LogP) is 1.90. The van der Waals surface area contributed by atoms with Crippen LogP contribution in [-0.4, -0.2) is 46.5 Å². The van der Waals surface area contributed by atoms with Crippen LogP contribution in [0.5, 0.6) is 0 Å². The van der Waals surface area contributed by atoms with Gasteiger partial charge in [0.25, 0.3) is 0 Å². The van der Waals surface area contributed by atoms with Gasteiger partial charge < -0.3 is 14.2 Å². The maximum Gasteiger partial charge on any atom is 0.420 e. The number of piperazine rings is 1. The van der Waals surface area contributed by atoms with Crippen LogP contribution in [0.2, 0.25) is 0 Å². The second-order valence-electron chi connectivity index (χ2n) is 6.40. The van der Waals surface area contributed by atoms with Crippen molar-refractivity contribution in [3.8, 4) is 0 Å². The van der Waals surface area contributed by atoms with Gasteiger partial charge in [-0.25, -0.2) is 4.79 Å². The van der Waals surface area contributed by atoms with E-state index < -0.39 is 11.8 Å². The van der Waals surface area contributed by atoms with Gasteiger partial charge in [-0.2, -0.15) is 0 Å². The molecule has 1 aliphatic rings. The van der Waals surface area contributed by atoms with Gasteiger partial charge >= 0.3 is 5.76 Å². The van der Waals surface area contributed by atoms with Crippen molar-refractivity contribution in [3.63, 3.8) is 0 Å². The minimum atomic E-state index is -0.598. The SMILES string of the molecule is CC(C(=O)N1CCN(c2ccncc2)CC1)n1c(=O)oc2ccccc21. The van der Waals surface area contributed by atoms with Crippen LogP contribution in [0.4, 0.5) is 5.69 Å². The lowest BCUT2D eigenvalue weighted by atomic mass is 10.2. The fourth-order valence-electron chi connectivity index (χ4n) is 3.47. The third kappa shape index (κ3) is 2.85. The third-order valence-electron chi connectivity index (χ3n) is 4.88. The molecule has 1 aliphatic heterocycles. The molecule has 1 unspecified atom stereocenters. The maximum atomic E-state index is 12.9. The molecule has 0 bridgehead atoms. The van der Waals surface area contributed by atoms with Gasteiger partial charge in [-0.15, -0.1) is 0 Å². The number of anilines is 1. The monoisotopic (exact) mass is 352 g/mol. The number of amides is 1. The van der Waals surface area contributed by atoms with E-state index in [-0.39, 0.29) is 5.91 Å². The van der Waals surface area contributed by atoms with Crippen LogP contribution in [0.15, 0.2) is 58.0 Å². The molecular weight excluding hydrogens is 332 g/mol. The number of hydrogen-bond donors (Lipinski definition) is 0. The second-order valence-corrected chi connectivity index (χ2v) is 6.40. The molecule has 7 nitrogen and oxygen atoms in total. The van der Waals surface area contributed by atoms with Crippen molar-refractivity contribution >= 4 is 22.7 Å². The summed E-state index contributed by atoms with van der Waals surface area (Å²) >= 11 is 0. The Balaban J connectivity index is 1.50. The summed E-state index contributed by atoms with van der Waals surface area (Å²) in [5, 5.41) is 0. The molecule has 26 heavy (non-hydrogen) atoms. The Hall–Kier alpha value is -3.09. The first kappa shape index (κ1) is 16.4. The summed E-state index contributed by atoms with van der Waals surface area (Å²) in [5.41, 5.74) is 2.26. The molecular formula is C19H20N4O3. The van der Waals surface area contributed by atoms with E-state index in [1.165, 1.54) is 4.57 Å². The normalized spacial score (nSPS) is 16.0. The van der Waals surface area contributed by atoms with Crippen LogP contribution in [0, 0.1) is 0 Å². The van der Waals surface area contributed by atoms with Crippen molar-refractivity contribution in [1.29, 1.82) is 0 Å². The molecule has 0 spiro atoms. The summed E-state index contributed by atoms with van der Waals surface area (Å²) in [6, 6.07) is 10.5. The lowest BCUT2D eigenvalue weighted by Crippen LogP contribution is -2.50. The number of fused-ring (bicyclic) bond motifs is 1. The number of oxazole rings is 1. The summed E-state index contributed by atoms with van der Waals surface area (Å²) < 4.78 is 6.69. The molecule has 0 N–H and O–H groups in total. The van der Waals surface area contributed by atoms with E-state index in [2.05, 4.69) is 9.88 Å². The zero-order valence-electron chi connectivity index (χ0n) is 14.5. The van der Waals surface area contributed by atoms with Gasteiger partial charge in [0.2, 0.25) is 5.91 Å². The Morgan fingerprint density at radius 2 is 1.77 bits per heavy atom. The van der Waals surface area contributed by atoms with Gasteiger partial charge in [0.1, 0.15) is 6.04 Å². The molecule has 0 saturated carbocycles. The molecule has 3 heterocycles. The number of carbonyl (C=O) groups is 1. The number of aromatic nitrogens is 2. The van der Waals surface area contributed by atoms with Crippen molar-refractivity contribution in [3.05, 3.63) is 59.3 Å². The molecule has 3 aromatic rings. The van der Waals surface area contributed by atoms with Crippen LogP contribution < -0.4 is 10.7 Å². The molecule has 7 heteroatoms. The molecule has 0 aliphatic carbocycles. The Kier molecular flexibility index (Phi) is 4.20. The van der Waals surface area contributed by atoms with E-state index in [0.29, 0.717) is 24.2 Å². The first-order chi connectivity index (χ1) is 12.6. The van der Waals surface area contributed by atoms with Crippen molar-refractivity contribution in [1.82, 2.24) is 14.5 Å². The number of rotatable bonds is 3. The lowest BCUT2D eigenvalue weighted by Gasteiger charge is -2.37. The fourth-order valence-corrected chi connectivity index (χ4v) is 3.47. The highest BCUT2D eigenvalue weighted by Gasteiger charge is 2.28. The molecule has 0 radical (unpaired) electrons. The van der Waals surface area contributed by atoms with E-state index >= 15 is 0 Å². The molecule has 1 atom stereocenters.